The lowest BCUT2D eigenvalue weighted by Crippen LogP contribution is -2.02. The normalized spacial score (nSPS) is 12.2. The summed E-state index contributed by atoms with van der Waals surface area (Å²) in [4.78, 5) is 0. The van der Waals surface area contributed by atoms with Crippen molar-refractivity contribution < 1.29 is 9.84 Å². The molecule has 1 N–H and O–H groups in total. The van der Waals surface area contributed by atoms with Crippen LogP contribution in [0.4, 0.5) is 0 Å². The third-order valence-corrected chi connectivity index (χ3v) is 3.88. The van der Waals surface area contributed by atoms with Crippen molar-refractivity contribution >= 4 is 38.5 Å². The third kappa shape index (κ3) is 3.05. The first kappa shape index (κ1) is 13.8. The molecule has 1 unspecified atom stereocenters. The molecule has 0 bridgehead atoms. The van der Waals surface area contributed by atoms with E-state index < -0.39 is 6.10 Å². The van der Waals surface area contributed by atoms with Crippen molar-refractivity contribution in [3.8, 4) is 5.75 Å². The topological polar surface area (TPSA) is 29.5 Å². The second-order valence-corrected chi connectivity index (χ2v) is 6.00. The maximum Gasteiger partial charge on any atom is 0.125 e. The summed E-state index contributed by atoms with van der Waals surface area (Å²) < 4.78 is 7.35. The van der Waals surface area contributed by atoms with Crippen LogP contribution in [0.1, 0.15) is 17.2 Å². The Balaban J connectivity index is 2.41. The largest absolute Gasteiger partial charge is 0.496 e. The summed E-state index contributed by atoms with van der Waals surface area (Å²) in [5.41, 5.74) is 1.61. The Labute approximate surface area is 128 Å². The van der Waals surface area contributed by atoms with Gasteiger partial charge in [-0.15, -0.1) is 0 Å². The summed E-state index contributed by atoms with van der Waals surface area (Å²) in [5, 5.41) is 10.4. The minimum atomic E-state index is -0.686. The van der Waals surface area contributed by atoms with Crippen LogP contribution in [0.15, 0.2) is 46.9 Å². The van der Waals surface area contributed by atoms with Crippen LogP contribution in [-0.4, -0.2) is 12.2 Å². The summed E-state index contributed by atoms with van der Waals surface area (Å²) in [7, 11) is 1.60. The van der Waals surface area contributed by atoms with Gasteiger partial charge in [0.2, 0.25) is 0 Å². The van der Waals surface area contributed by atoms with Crippen molar-refractivity contribution in [3.05, 3.63) is 61.6 Å². The van der Waals surface area contributed by atoms with Gasteiger partial charge in [-0.3, -0.25) is 0 Å². The second kappa shape index (κ2) is 6.04. The highest BCUT2D eigenvalue weighted by Gasteiger charge is 2.15. The molecule has 2 aromatic rings. The highest BCUT2D eigenvalue weighted by Crippen LogP contribution is 2.32. The van der Waals surface area contributed by atoms with E-state index in [1.807, 2.05) is 42.5 Å². The fourth-order valence-corrected chi connectivity index (χ4v) is 2.48. The van der Waals surface area contributed by atoms with Crippen molar-refractivity contribution in [2.75, 3.05) is 7.11 Å². The van der Waals surface area contributed by atoms with Gasteiger partial charge in [-0.1, -0.05) is 28.1 Å². The molecule has 2 aromatic carbocycles. The Bertz CT molecular complexity index is 540. The maximum absolute atomic E-state index is 10.4. The van der Waals surface area contributed by atoms with E-state index in [4.69, 9.17) is 4.74 Å². The minimum absolute atomic E-state index is 0.684. The Morgan fingerprint density at radius 2 is 1.83 bits per heavy atom. The molecular weight excluding hydrogens is 407 g/mol. The Hall–Kier alpha value is -0.590. The molecule has 0 radical (unpaired) electrons. The minimum Gasteiger partial charge on any atom is -0.496 e. The van der Waals surface area contributed by atoms with Crippen molar-refractivity contribution in [2.24, 2.45) is 0 Å². The van der Waals surface area contributed by atoms with Crippen LogP contribution in [-0.2, 0) is 0 Å². The number of rotatable bonds is 3. The van der Waals surface area contributed by atoms with Gasteiger partial charge in [0.15, 0.2) is 0 Å². The van der Waals surface area contributed by atoms with Gasteiger partial charge in [-0.25, -0.2) is 0 Å². The maximum atomic E-state index is 10.4. The number of aliphatic hydroxyl groups is 1. The number of benzene rings is 2. The fraction of sp³-hybridized carbons (Fsp3) is 0.143. The predicted octanol–water partition coefficient (Wildman–Crippen LogP) is 4.14. The Kier molecular flexibility index (Phi) is 4.64. The lowest BCUT2D eigenvalue weighted by atomic mass is 10.0. The van der Waals surface area contributed by atoms with Crippen LogP contribution in [0.2, 0.25) is 0 Å². The Morgan fingerprint density at radius 3 is 2.44 bits per heavy atom. The number of hydrogen-bond acceptors (Lipinski definition) is 2. The van der Waals surface area contributed by atoms with E-state index in [0.717, 1.165) is 19.2 Å². The molecule has 18 heavy (non-hydrogen) atoms. The molecule has 1 atom stereocenters. The van der Waals surface area contributed by atoms with E-state index in [1.54, 1.807) is 7.11 Å². The molecule has 94 valence electrons. The van der Waals surface area contributed by atoms with E-state index in [2.05, 4.69) is 38.5 Å². The molecule has 4 heteroatoms. The fourth-order valence-electron chi connectivity index (χ4n) is 1.74. The van der Waals surface area contributed by atoms with Crippen LogP contribution in [0.3, 0.4) is 0 Å². The first-order chi connectivity index (χ1) is 8.61. The third-order valence-electron chi connectivity index (χ3n) is 2.67. The van der Waals surface area contributed by atoms with E-state index in [0.29, 0.717) is 5.75 Å². The number of hydrogen-bond donors (Lipinski definition) is 1. The zero-order chi connectivity index (χ0) is 13.1. The molecule has 0 heterocycles. The molecule has 0 aliphatic carbocycles. The molecule has 0 aromatic heterocycles. The molecule has 2 nitrogen and oxygen atoms in total. The van der Waals surface area contributed by atoms with Gasteiger partial charge in [0.1, 0.15) is 11.9 Å². The highest BCUT2D eigenvalue weighted by molar-refractivity contribution is 14.1. The number of aliphatic hydroxyl groups excluding tert-OH is 1. The lowest BCUT2D eigenvalue weighted by molar-refractivity contribution is 0.214. The summed E-state index contributed by atoms with van der Waals surface area (Å²) in [6, 6.07) is 13.4. The standard InChI is InChI=1S/C14H12BrIO2/c1-18-13-7-4-10(15)8-12(13)14(17)9-2-5-11(16)6-3-9/h2-8,14,17H,1H3. The SMILES string of the molecule is COc1ccc(Br)cc1C(O)c1ccc(I)cc1. The van der Waals surface area contributed by atoms with Gasteiger partial charge in [0, 0.05) is 13.6 Å². The van der Waals surface area contributed by atoms with E-state index in [9.17, 15) is 5.11 Å². The average molecular weight is 419 g/mol. The number of halogens is 2. The molecule has 0 saturated carbocycles. The first-order valence-electron chi connectivity index (χ1n) is 5.39. The van der Waals surface area contributed by atoms with Gasteiger partial charge in [-0.05, 0) is 58.5 Å². The van der Waals surface area contributed by atoms with Gasteiger partial charge in [0.25, 0.3) is 0 Å². The van der Waals surface area contributed by atoms with Crippen molar-refractivity contribution in [2.45, 2.75) is 6.10 Å². The summed E-state index contributed by atoms with van der Waals surface area (Å²) in [6.07, 6.45) is -0.686. The summed E-state index contributed by atoms with van der Waals surface area (Å²) >= 11 is 5.65. The molecule has 0 aliphatic heterocycles. The van der Waals surface area contributed by atoms with Gasteiger partial charge >= 0.3 is 0 Å². The molecule has 2 rings (SSSR count). The van der Waals surface area contributed by atoms with E-state index >= 15 is 0 Å². The second-order valence-electron chi connectivity index (χ2n) is 3.84. The van der Waals surface area contributed by atoms with E-state index in [-0.39, 0.29) is 0 Å². The smallest absolute Gasteiger partial charge is 0.125 e. The zero-order valence-electron chi connectivity index (χ0n) is 9.73. The van der Waals surface area contributed by atoms with Gasteiger partial charge < -0.3 is 9.84 Å². The van der Waals surface area contributed by atoms with Crippen molar-refractivity contribution in [1.82, 2.24) is 0 Å². The molecule has 0 saturated heterocycles. The summed E-state index contributed by atoms with van der Waals surface area (Å²) in [5.74, 6) is 0.684. The van der Waals surface area contributed by atoms with Crippen LogP contribution in [0.5, 0.6) is 5.75 Å². The summed E-state index contributed by atoms with van der Waals surface area (Å²) in [6.45, 7) is 0. The predicted molar refractivity (Wildman–Crippen MR) is 83.9 cm³/mol. The van der Waals surface area contributed by atoms with Gasteiger partial charge in [-0.2, -0.15) is 0 Å². The zero-order valence-corrected chi connectivity index (χ0v) is 13.5. The average Bonchev–Trinajstić information content (AvgIpc) is 2.39. The van der Waals surface area contributed by atoms with Crippen molar-refractivity contribution in [3.63, 3.8) is 0 Å². The first-order valence-corrected chi connectivity index (χ1v) is 7.26. The molecule has 0 aliphatic rings. The van der Waals surface area contributed by atoms with Crippen molar-refractivity contribution in [1.29, 1.82) is 0 Å². The van der Waals surface area contributed by atoms with Gasteiger partial charge in [0.05, 0.1) is 7.11 Å². The number of methoxy groups -OCH3 is 1. The lowest BCUT2D eigenvalue weighted by Gasteiger charge is -2.15. The van der Waals surface area contributed by atoms with Crippen LogP contribution < -0.4 is 4.74 Å². The van der Waals surface area contributed by atoms with E-state index in [1.165, 1.54) is 0 Å². The van der Waals surface area contributed by atoms with Crippen LogP contribution in [0.25, 0.3) is 0 Å². The quantitative estimate of drug-likeness (QED) is 0.759. The monoisotopic (exact) mass is 418 g/mol. The molecule has 0 spiro atoms. The van der Waals surface area contributed by atoms with Crippen LogP contribution in [0, 0.1) is 3.57 Å². The van der Waals surface area contributed by atoms with Crippen LogP contribution >= 0.6 is 38.5 Å². The Morgan fingerprint density at radius 1 is 1.17 bits per heavy atom. The highest BCUT2D eigenvalue weighted by atomic mass is 127. The number of ether oxygens (including phenoxy) is 1. The molecular formula is C14H12BrIO2. The molecule has 0 fully saturated rings. The molecule has 0 amide bonds.